The highest BCUT2D eigenvalue weighted by Gasteiger charge is 2.23. The Morgan fingerprint density at radius 3 is 3.10 bits per heavy atom. The molecular formula is C21H18N6O2S. The van der Waals surface area contributed by atoms with Gasteiger partial charge in [0.2, 0.25) is 0 Å². The molecule has 0 saturated carbocycles. The van der Waals surface area contributed by atoms with Crippen LogP contribution in [0, 0.1) is 11.3 Å². The van der Waals surface area contributed by atoms with E-state index >= 15 is 0 Å². The molecule has 9 heteroatoms. The number of carbonyl (C=O) groups excluding carboxylic acids is 1. The number of ether oxygens (including phenoxy) is 1. The molecule has 2 aromatic heterocycles. The molecule has 1 N–H and O–H groups in total. The van der Waals surface area contributed by atoms with Gasteiger partial charge in [-0.15, -0.1) is 0 Å². The van der Waals surface area contributed by atoms with Gasteiger partial charge in [-0.1, -0.05) is 6.07 Å². The van der Waals surface area contributed by atoms with Crippen LogP contribution in [0.3, 0.4) is 0 Å². The molecule has 30 heavy (non-hydrogen) atoms. The molecule has 150 valence electrons. The second kappa shape index (κ2) is 8.80. The average Bonchev–Trinajstić information content (AvgIpc) is 3.38. The van der Waals surface area contributed by atoms with Crippen molar-refractivity contribution in [2.75, 3.05) is 13.2 Å². The number of hydrogen-bond acceptors (Lipinski definition) is 7. The summed E-state index contributed by atoms with van der Waals surface area (Å²) in [5.41, 5.74) is 1.93. The number of nitrogens with zero attached hydrogens (tertiary/aromatic N) is 5. The maximum absolute atomic E-state index is 12.3. The Labute approximate surface area is 177 Å². The van der Waals surface area contributed by atoms with E-state index in [0.29, 0.717) is 41.1 Å². The van der Waals surface area contributed by atoms with E-state index in [0.717, 1.165) is 16.5 Å². The SMILES string of the molecule is CCOc1c(C#N)cnc2ccc(C=C3SC(=NCCn4ccnc4)NC3=O)cc12. The number of nitriles is 1. The molecule has 0 unspecified atom stereocenters. The summed E-state index contributed by atoms with van der Waals surface area (Å²) in [4.78, 5) is 25.6. The number of amides is 1. The Morgan fingerprint density at radius 2 is 2.33 bits per heavy atom. The number of aromatic nitrogens is 3. The first kappa shape index (κ1) is 19.7. The minimum absolute atomic E-state index is 0.185. The number of benzene rings is 1. The summed E-state index contributed by atoms with van der Waals surface area (Å²) in [5.74, 6) is 0.325. The third-order valence-electron chi connectivity index (χ3n) is 4.37. The predicted molar refractivity (Wildman–Crippen MR) is 116 cm³/mol. The van der Waals surface area contributed by atoms with Crippen molar-refractivity contribution < 1.29 is 9.53 Å². The molecule has 1 amide bonds. The molecule has 4 rings (SSSR count). The fourth-order valence-corrected chi connectivity index (χ4v) is 3.84. The van der Waals surface area contributed by atoms with Crippen molar-refractivity contribution in [3.63, 3.8) is 0 Å². The van der Waals surface area contributed by atoms with Gasteiger partial charge in [-0.3, -0.25) is 14.8 Å². The molecule has 0 bridgehead atoms. The Bertz CT molecular complexity index is 1190. The van der Waals surface area contributed by atoms with E-state index in [1.54, 1.807) is 18.6 Å². The van der Waals surface area contributed by atoms with Crippen LogP contribution in [-0.2, 0) is 11.3 Å². The van der Waals surface area contributed by atoms with Gasteiger partial charge in [0.05, 0.1) is 29.9 Å². The molecule has 0 atom stereocenters. The lowest BCUT2D eigenvalue weighted by Crippen LogP contribution is -2.20. The Hall–Kier alpha value is -3.64. The van der Waals surface area contributed by atoms with Gasteiger partial charge in [0.15, 0.2) is 5.17 Å². The molecule has 1 aliphatic heterocycles. The monoisotopic (exact) mass is 418 g/mol. The standard InChI is InChI=1S/C21H18N6O2S/c1-2-29-19-15(11-22)12-25-17-4-3-14(9-16(17)19)10-18-20(28)26-21(30-18)24-6-8-27-7-5-23-13-27/h3-5,7,9-10,12-13H,2,6,8H2,1H3,(H,24,26,28). The van der Waals surface area contributed by atoms with E-state index in [9.17, 15) is 10.1 Å². The lowest BCUT2D eigenvalue weighted by atomic mass is 10.1. The second-order valence-corrected chi connectivity index (χ2v) is 7.41. The molecule has 1 saturated heterocycles. The van der Waals surface area contributed by atoms with Crippen molar-refractivity contribution in [3.8, 4) is 11.8 Å². The maximum Gasteiger partial charge on any atom is 0.264 e. The fourth-order valence-electron chi connectivity index (χ4n) is 2.99. The number of aliphatic imine (C=N–C) groups is 1. The number of thioether (sulfide) groups is 1. The molecule has 3 aromatic rings. The molecule has 8 nitrogen and oxygen atoms in total. The highest BCUT2D eigenvalue weighted by atomic mass is 32.2. The van der Waals surface area contributed by atoms with E-state index in [1.165, 1.54) is 18.0 Å². The Balaban J connectivity index is 1.57. The van der Waals surface area contributed by atoms with Crippen LogP contribution in [0.5, 0.6) is 5.75 Å². The van der Waals surface area contributed by atoms with Crippen LogP contribution in [-0.4, -0.2) is 38.8 Å². The number of nitrogens with one attached hydrogen (secondary N) is 1. The second-order valence-electron chi connectivity index (χ2n) is 6.37. The van der Waals surface area contributed by atoms with E-state index in [4.69, 9.17) is 4.74 Å². The van der Waals surface area contributed by atoms with Crippen LogP contribution >= 0.6 is 11.8 Å². The number of rotatable bonds is 6. The van der Waals surface area contributed by atoms with Crippen LogP contribution < -0.4 is 10.1 Å². The number of imidazole rings is 1. The summed E-state index contributed by atoms with van der Waals surface area (Å²) in [6, 6.07) is 7.72. The summed E-state index contributed by atoms with van der Waals surface area (Å²) >= 11 is 1.30. The molecular weight excluding hydrogens is 400 g/mol. The summed E-state index contributed by atoms with van der Waals surface area (Å²) in [5, 5.41) is 13.5. The van der Waals surface area contributed by atoms with E-state index in [2.05, 4.69) is 26.3 Å². The molecule has 1 aromatic carbocycles. The van der Waals surface area contributed by atoms with E-state index in [-0.39, 0.29) is 5.91 Å². The smallest absolute Gasteiger partial charge is 0.264 e. The number of carbonyl (C=O) groups is 1. The molecule has 3 heterocycles. The Morgan fingerprint density at radius 1 is 1.43 bits per heavy atom. The highest BCUT2D eigenvalue weighted by Crippen LogP contribution is 2.31. The largest absolute Gasteiger partial charge is 0.492 e. The summed E-state index contributed by atoms with van der Waals surface area (Å²) < 4.78 is 7.61. The topological polar surface area (TPSA) is 105 Å². The van der Waals surface area contributed by atoms with E-state index in [1.807, 2.05) is 35.9 Å². The van der Waals surface area contributed by atoms with Crippen LogP contribution in [0.25, 0.3) is 17.0 Å². The van der Waals surface area contributed by atoms with Gasteiger partial charge in [0.25, 0.3) is 5.91 Å². The first-order chi connectivity index (χ1) is 14.7. The normalized spacial score (nSPS) is 16.2. The quantitative estimate of drug-likeness (QED) is 0.617. The van der Waals surface area contributed by atoms with Crippen LogP contribution in [0.2, 0.25) is 0 Å². The molecule has 0 radical (unpaired) electrons. The minimum atomic E-state index is -0.185. The van der Waals surface area contributed by atoms with Crippen LogP contribution in [0.4, 0.5) is 0 Å². The summed E-state index contributed by atoms with van der Waals surface area (Å²) in [7, 11) is 0. The van der Waals surface area contributed by atoms with Gasteiger partial charge >= 0.3 is 0 Å². The zero-order valence-electron chi connectivity index (χ0n) is 16.2. The fraction of sp³-hybridized carbons (Fsp3) is 0.190. The zero-order chi connectivity index (χ0) is 20.9. The first-order valence-electron chi connectivity index (χ1n) is 9.34. The van der Waals surface area contributed by atoms with Crippen molar-refractivity contribution >= 4 is 39.8 Å². The lowest BCUT2D eigenvalue weighted by Gasteiger charge is -2.09. The Kier molecular flexibility index (Phi) is 5.77. The zero-order valence-corrected chi connectivity index (χ0v) is 17.0. The molecule has 1 aliphatic rings. The van der Waals surface area contributed by atoms with Crippen molar-refractivity contribution in [2.45, 2.75) is 13.5 Å². The number of fused-ring (bicyclic) bond motifs is 1. The van der Waals surface area contributed by atoms with Gasteiger partial charge in [0.1, 0.15) is 17.4 Å². The third-order valence-corrected chi connectivity index (χ3v) is 5.32. The highest BCUT2D eigenvalue weighted by molar-refractivity contribution is 8.18. The minimum Gasteiger partial charge on any atom is -0.492 e. The maximum atomic E-state index is 12.3. The van der Waals surface area contributed by atoms with Crippen molar-refractivity contribution in [2.24, 2.45) is 4.99 Å². The number of pyridine rings is 1. The predicted octanol–water partition coefficient (Wildman–Crippen LogP) is 2.96. The van der Waals surface area contributed by atoms with Gasteiger partial charge in [-0.2, -0.15) is 5.26 Å². The summed E-state index contributed by atoms with van der Waals surface area (Å²) in [6.07, 6.45) is 8.63. The van der Waals surface area contributed by atoms with Gasteiger partial charge in [-0.25, -0.2) is 4.98 Å². The lowest BCUT2D eigenvalue weighted by molar-refractivity contribution is -0.115. The molecule has 1 fully saturated rings. The van der Waals surface area contributed by atoms with Crippen molar-refractivity contribution in [3.05, 3.63) is 59.1 Å². The summed E-state index contributed by atoms with van der Waals surface area (Å²) in [6.45, 7) is 3.54. The third kappa shape index (κ3) is 4.18. The molecule has 0 spiro atoms. The molecule has 0 aliphatic carbocycles. The first-order valence-corrected chi connectivity index (χ1v) is 10.2. The van der Waals surface area contributed by atoms with Crippen LogP contribution in [0.1, 0.15) is 18.1 Å². The number of amidine groups is 1. The van der Waals surface area contributed by atoms with Crippen LogP contribution in [0.15, 0.2) is 53.0 Å². The van der Waals surface area contributed by atoms with Gasteiger partial charge in [0, 0.05) is 30.5 Å². The van der Waals surface area contributed by atoms with Gasteiger partial charge in [-0.05, 0) is 42.5 Å². The van der Waals surface area contributed by atoms with Crippen molar-refractivity contribution in [1.82, 2.24) is 19.9 Å². The average molecular weight is 418 g/mol. The van der Waals surface area contributed by atoms with Gasteiger partial charge < -0.3 is 14.6 Å². The number of hydrogen-bond donors (Lipinski definition) is 1. The van der Waals surface area contributed by atoms with Crippen molar-refractivity contribution in [1.29, 1.82) is 5.26 Å². The van der Waals surface area contributed by atoms with E-state index < -0.39 is 0 Å².